The number of rotatable bonds is 6. The van der Waals surface area contributed by atoms with Gasteiger partial charge < -0.3 is 4.42 Å². The van der Waals surface area contributed by atoms with Gasteiger partial charge in [-0.1, -0.05) is 99.3 Å². The van der Waals surface area contributed by atoms with E-state index in [2.05, 4.69) is 71.9 Å². The summed E-state index contributed by atoms with van der Waals surface area (Å²) in [5.41, 5.74) is 5.82. The molecule has 0 aliphatic carbocycles. The van der Waals surface area contributed by atoms with Crippen molar-refractivity contribution in [2.45, 2.75) is 50.6 Å². The van der Waals surface area contributed by atoms with E-state index >= 15 is 0 Å². The predicted octanol–water partition coefficient (Wildman–Crippen LogP) is 7.00. The van der Waals surface area contributed by atoms with Gasteiger partial charge in [-0.25, -0.2) is 4.79 Å². The van der Waals surface area contributed by atoms with Crippen LogP contribution in [-0.4, -0.2) is 14.8 Å². The Morgan fingerprint density at radius 3 is 2.39 bits per heavy atom. The molecule has 36 heavy (non-hydrogen) atoms. The number of nitrogens with zero attached hydrogens (tertiary/aromatic N) is 3. The number of aromatic nitrogens is 3. The van der Waals surface area contributed by atoms with Crippen molar-refractivity contribution in [3.05, 3.63) is 112 Å². The molecule has 0 radical (unpaired) electrons. The lowest BCUT2D eigenvalue weighted by Gasteiger charge is -2.19. The summed E-state index contributed by atoms with van der Waals surface area (Å²) < 4.78 is 7.59. The molecule has 0 unspecified atom stereocenters. The number of aryl methyl sites for hydroxylation is 1. The molecule has 3 aromatic carbocycles. The van der Waals surface area contributed by atoms with Crippen LogP contribution in [0.1, 0.15) is 43.0 Å². The summed E-state index contributed by atoms with van der Waals surface area (Å²) in [6.07, 6.45) is 0. The van der Waals surface area contributed by atoms with Gasteiger partial charge in [-0.2, -0.15) is 0 Å². The minimum absolute atomic E-state index is 0.0843. The summed E-state index contributed by atoms with van der Waals surface area (Å²) in [6.45, 7) is 9.28. The van der Waals surface area contributed by atoms with Gasteiger partial charge in [-0.15, -0.1) is 10.2 Å². The maximum atomic E-state index is 12.2. The van der Waals surface area contributed by atoms with Crippen LogP contribution in [0.4, 0.5) is 0 Å². The van der Waals surface area contributed by atoms with Crippen molar-refractivity contribution >= 4 is 22.7 Å². The zero-order valence-electron chi connectivity index (χ0n) is 21.0. The van der Waals surface area contributed by atoms with Crippen molar-refractivity contribution in [2.24, 2.45) is 0 Å². The molecule has 0 spiro atoms. The molecule has 5 nitrogen and oxygen atoms in total. The maximum absolute atomic E-state index is 12.2. The Kier molecular flexibility index (Phi) is 6.54. The van der Waals surface area contributed by atoms with E-state index < -0.39 is 0 Å². The summed E-state index contributed by atoms with van der Waals surface area (Å²) in [5.74, 6) is 1.41. The molecular weight excluding hydrogens is 466 g/mol. The Balaban J connectivity index is 1.51. The lowest BCUT2D eigenvalue weighted by Crippen LogP contribution is -2.10. The first-order chi connectivity index (χ1) is 17.3. The first-order valence-corrected chi connectivity index (χ1v) is 13.0. The third-order valence-corrected chi connectivity index (χ3v) is 7.27. The molecule has 0 saturated carbocycles. The van der Waals surface area contributed by atoms with Gasteiger partial charge in [0.1, 0.15) is 5.58 Å². The quantitative estimate of drug-likeness (QED) is 0.187. The van der Waals surface area contributed by atoms with Gasteiger partial charge in [-0.3, -0.25) is 4.57 Å². The Hall–Kier alpha value is -3.64. The van der Waals surface area contributed by atoms with Gasteiger partial charge in [0.15, 0.2) is 11.0 Å². The Bertz CT molecular complexity index is 1560. The molecule has 6 heteroatoms. The third kappa shape index (κ3) is 5.14. The summed E-state index contributed by atoms with van der Waals surface area (Å²) in [4.78, 5) is 12.2. The second kappa shape index (κ2) is 9.78. The van der Waals surface area contributed by atoms with Gasteiger partial charge in [0.2, 0.25) is 0 Å². The SMILES string of the molecule is Cc1ccc2c(CSc3nnc(-c4ccc(C(C)(C)C)cc4)n3Cc3ccccc3)cc(=O)oc2c1. The fourth-order valence-electron chi connectivity index (χ4n) is 4.24. The summed E-state index contributed by atoms with van der Waals surface area (Å²) >= 11 is 1.58. The lowest BCUT2D eigenvalue weighted by atomic mass is 9.87. The van der Waals surface area contributed by atoms with Crippen LogP contribution >= 0.6 is 11.8 Å². The average Bonchev–Trinajstić information content (AvgIpc) is 3.24. The summed E-state index contributed by atoms with van der Waals surface area (Å²) in [5, 5.41) is 10.9. The highest BCUT2D eigenvalue weighted by molar-refractivity contribution is 7.98. The second-order valence-electron chi connectivity index (χ2n) is 10.1. The second-order valence-corrected chi connectivity index (χ2v) is 11.0. The zero-order valence-corrected chi connectivity index (χ0v) is 21.8. The van der Waals surface area contributed by atoms with Gasteiger partial charge in [0.05, 0.1) is 6.54 Å². The fourth-order valence-corrected chi connectivity index (χ4v) is 5.16. The van der Waals surface area contributed by atoms with Gasteiger partial charge in [0, 0.05) is 22.8 Å². The van der Waals surface area contributed by atoms with Crippen LogP contribution in [0.2, 0.25) is 0 Å². The Morgan fingerprint density at radius 1 is 0.917 bits per heavy atom. The number of benzene rings is 3. The minimum Gasteiger partial charge on any atom is -0.423 e. The largest absolute Gasteiger partial charge is 0.423 e. The minimum atomic E-state index is -0.339. The highest BCUT2D eigenvalue weighted by atomic mass is 32.2. The molecule has 182 valence electrons. The molecule has 0 amide bonds. The fraction of sp³-hybridized carbons (Fsp3) is 0.233. The first kappa shape index (κ1) is 24.1. The molecule has 0 bridgehead atoms. The van der Waals surface area contributed by atoms with Gasteiger partial charge in [0.25, 0.3) is 0 Å². The van der Waals surface area contributed by atoms with Gasteiger partial charge in [-0.05, 0) is 40.7 Å². The van der Waals surface area contributed by atoms with Crippen LogP contribution in [0.15, 0.2) is 93.2 Å². The Labute approximate surface area is 215 Å². The summed E-state index contributed by atoms with van der Waals surface area (Å²) in [6, 6.07) is 26.4. The van der Waals surface area contributed by atoms with E-state index in [1.54, 1.807) is 17.8 Å². The van der Waals surface area contributed by atoms with Crippen molar-refractivity contribution in [2.75, 3.05) is 0 Å². The normalized spacial score (nSPS) is 11.8. The molecule has 0 atom stereocenters. The van der Waals surface area contributed by atoms with E-state index in [4.69, 9.17) is 4.42 Å². The Morgan fingerprint density at radius 2 is 1.67 bits per heavy atom. The highest BCUT2D eigenvalue weighted by Crippen LogP contribution is 2.31. The molecule has 0 aliphatic rings. The summed E-state index contributed by atoms with van der Waals surface area (Å²) in [7, 11) is 0. The van der Waals surface area contributed by atoms with Crippen molar-refractivity contribution in [1.82, 2.24) is 14.8 Å². The molecule has 2 heterocycles. The first-order valence-electron chi connectivity index (χ1n) is 12.0. The van der Waals surface area contributed by atoms with E-state index in [9.17, 15) is 4.79 Å². The molecular formula is C30H29N3O2S. The van der Waals surface area contributed by atoms with Crippen molar-refractivity contribution < 1.29 is 4.42 Å². The third-order valence-electron chi connectivity index (χ3n) is 6.25. The monoisotopic (exact) mass is 495 g/mol. The molecule has 2 aromatic heterocycles. The van der Waals surface area contributed by atoms with E-state index in [0.29, 0.717) is 17.9 Å². The molecule has 5 aromatic rings. The lowest BCUT2D eigenvalue weighted by molar-refractivity contribution is 0.559. The molecule has 0 saturated heterocycles. The number of fused-ring (bicyclic) bond motifs is 1. The average molecular weight is 496 g/mol. The van der Waals surface area contributed by atoms with Crippen molar-refractivity contribution in [1.29, 1.82) is 0 Å². The maximum Gasteiger partial charge on any atom is 0.336 e. The number of hydrogen-bond donors (Lipinski definition) is 0. The van der Waals surface area contributed by atoms with Crippen LogP contribution < -0.4 is 5.63 Å². The van der Waals surface area contributed by atoms with Crippen LogP contribution in [0.5, 0.6) is 0 Å². The smallest absolute Gasteiger partial charge is 0.336 e. The molecule has 0 aliphatic heterocycles. The van der Waals surface area contributed by atoms with E-state index in [-0.39, 0.29) is 11.0 Å². The molecule has 5 rings (SSSR count). The van der Waals surface area contributed by atoms with Crippen LogP contribution in [0.3, 0.4) is 0 Å². The standard InChI is InChI=1S/C30H29N3O2S/c1-20-10-15-25-23(17-27(34)35-26(25)16-20)19-36-29-32-31-28(33(29)18-21-8-6-5-7-9-21)22-11-13-24(14-12-22)30(2,3)4/h5-17H,18-19H2,1-4H3. The topological polar surface area (TPSA) is 60.9 Å². The van der Waals surface area contributed by atoms with Crippen molar-refractivity contribution in [3.8, 4) is 11.4 Å². The van der Waals surface area contributed by atoms with Crippen LogP contribution in [0, 0.1) is 6.92 Å². The number of hydrogen-bond acceptors (Lipinski definition) is 5. The van der Waals surface area contributed by atoms with Crippen molar-refractivity contribution in [3.63, 3.8) is 0 Å². The van der Waals surface area contributed by atoms with Crippen LogP contribution in [-0.2, 0) is 17.7 Å². The predicted molar refractivity (Wildman–Crippen MR) is 146 cm³/mol. The van der Waals surface area contributed by atoms with E-state index in [0.717, 1.165) is 33.1 Å². The van der Waals surface area contributed by atoms with E-state index in [1.165, 1.54) is 11.1 Å². The van der Waals surface area contributed by atoms with Gasteiger partial charge >= 0.3 is 5.63 Å². The molecule has 0 fully saturated rings. The molecule has 0 N–H and O–H groups in total. The zero-order chi connectivity index (χ0) is 25.3. The van der Waals surface area contributed by atoms with E-state index in [1.807, 2.05) is 43.3 Å². The van der Waals surface area contributed by atoms with Crippen LogP contribution in [0.25, 0.3) is 22.4 Å². The number of thioether (sulfide) groups is 1. The highest BCUT2D eigenvalue weighted by Gasteiger charge is 2.18.